The first kappa shape index (κ1) is 19.6. The summed E-state index contributed by atoms with van der Waals surface area (Å²) in [6.45, 7) is -0.110. The summed E-state index contributed by atoms with van der Waals surface area (Å²) in [4.78, 5) is 17.7. The van der Waals surface area contributed by atoms with E-state index in [1.807, 2.05) is 0 Å². The zero-order chi connectivity index (χ0) is 20.9. The van der Waals surface area contributed by atoms with Gasteiger partial charge in [0.25, 0.3) is 0 Å². The maximum atomic E-state index is 14.5. The number of alkyl halides is 4. The van der Waals surface area contributed by atoms with Crippen LogP contribution in [0, 0.1) is 5.82 Å². The number of benzene rings is 1. The van der Waals surface area contributed by atoms with E-state index in [-0.39, 0.29) is 41.7 Å². The standard InChI is InChI=1S/C19H13ClF5N3O/c20-14-8-27(9-16(29)28-6-11(21)7-28)15-4-10(5-26-18(14)15)12-2-1-3-13(17(12)22)19(23,24)25/h1-5,8,11H,6-7,9H2. The van der Waals surface area contributed by atoms with E-state index in [4.69, 9.17) is 11.6 Å². The number of likely N-dealkylation sites (tertiary alicyclic amines) is 1. The van der Waals surface area contributed by atoms with Crippen molar-refractivity contribution >= 4 is 28.5 Å². The fourth-order valence-electron chi connectivity index (χ4n) is 3.25. The Labute approximate surface area is 166 Å². The molecule has 1 aliphatic heterocycles. The highest BCUT2D eigenvalue weighted by atomic mass is 35.5. The first-order chi connectivity index (χ1) is 13.6. The van der Waals surface area contributed by atoms with Crippen LogP contribution in [0.25, 0.3) is 22.2 Å². The third kappa shape index (κ3) is 3.55. The van der Waals surface area contributed by atoms with E-state index in [9.17, 15) is 26.7 Å². The fourth-order valence-corrected chi connectivity index (χ4v) is 3.51. The number of hydrogen-bond acceptors (Lipinski definition) is 2. The highest BCUT2D eigenvalue weighted by molar-refractivity contribution is 6.35. The molecule has 3 aromatic rings. The largest absolute Gasteiger partial charge is 0.419 e. The third-order valence-electron chi connectivity index (χ3n) is 4.78. The molecule has 152 valence electrons. The van der Waals surface area contributed by atoms with Crippen LogP contribution in [0.3, 0.4) is 0 Å². The first-order valence-corrected chi connectivity index (χ1v) is 8.95. The molecule has 1 aromatic carbocycles. The highest BCUT2D eigenvalue weighted by Crippen LogP contribution is 2.36. The molecule has 0 aliphatic carbocycles. The first-order valence-electron chi connectivity index (χ1n) is 8.57. The van der Waals surface area contributed by atoms with Gasteiger partial charge in [-0.1, -0.05) is 23.7 Å². The average Bonchev–Trinajstić information content (AvgIpc) is 2.93. The number of carbonyl (C=O) groups is 1. The summed E-state index contributed by atoms with van der Waals surface area (Å²) in [7, 11) is 0. The molecule has 2 aromatic heterocycles. The molecular formula is C19H13ClF5N3O. The quantitative estimate of drug-likeness (QED) is 0.566. The predicted octanol–water partition coefficient (Wildman–Crippen LogP) is 4.69. The van der Waals surface area contributed by atoms with E-state index in [2.05, 4.69) is 4.98 Å². The lowest BCUT2D eigenvalue weighted by Crippen LogP contribution is -2.52. The lowest BCUT2D eigenvalue weighted by atomic mass is 10.0. The molecule has 0 saturated carbocycles. The summed E-state index contributed by atoms with van der Waals surface area (Å²) in [5.41, 5.74) is -0.861. The van der Waals surface area contributed by atoms with Gasteiger partial charge in [0, 0.05) is 23.5 Å². The van der Waals surface area contributed by atoms with Gasteiger partial charge in [0.15, 0.2) is 0 Å². The van der Waals surface area contributed by atoms with Gasteiger partial charge < -0.3 is 9.47 Å². The van der Waals surface area contributed by atoms with Crippen LogP contribution < -0.4 is 0 Å². The van der Waals surface area contributed by atoms with Gasteiger partial charge in [-0.05, 0) is 12.1 Å². The topological polar surface area (TPSA) is 38.1 Å². The van der Waals surface area contributed by atoms with Crippen molar-refractivity contribution in [2.24, 2.45) is 0 Å². The van der Waals surface area contributed by atoms with E-state index < -0.39 is 23.7 Å². The minimum Gasteiger partial charge on any atom is -0.335 e. The number of halogens is 6. The Balaban J connectivity index is 1.74. The third-order valence-corrected chi connectivity index (χ3v) is 5.06. The second-order valence-corrected chi connectivity index (χ2v) is 7.16. The lowest BCUT2D eigenvalue weighted by Gasteiger charge is -2.34. The van der Waals surface area contributed by atoms with Crippen LogP contribution in [0.5, 0.6) is 0 Å². The molecule has 0 N–H and O–H groups in total. The number of fused-ring (bicyclic) bond motifs is 1. The summed E-state index contributed by atoms with van der Waals surface area (Å²) in [5, 5.41) is 0.232. The fraction of sp³-hybridized carbons (Fsp3) is 0.263. The maximum absolute atomic E-state index is 14.5. The normalized spacial score (nSPS) is 15.0. The van der Waals surface area contributed by atoms with Crippen molar-refractivity contribution in [2.45, 2.75) is 18.9 Å². The van der Waals surface area contributed by atoms with Crippen molar-refractivity contribution in [1.29, 1.82) is 0 Å². The van der Waals surface area contributed by atoms with E-state index in [1.54, 1.807) is 0 Å². The smallest absolute Gasteiger partial charge is 0.335 e. The summed E-state index contributed by atoms with van der Waals surface area (Å²) >= 11 is 6.14. The minimum atomic E-state index is -4.83. The molecule has 0 unspecified atom stereocenters. The second kappa shape index (κ2) is 6.98. The molecule has 1 fully saturated rings. The van der Waals surface area contributed by atoms with Crippen molar-refractivity contribution in [1.82, 2.24) is 14.5 Å². The molecule has 0 atom stereocenters. The number of pyridine rings is 1. The van der Waals surface area contributed by atoms with E-state index in [0.29, 0.717) is 17.1 Å². The Hall–Kier alpha value is -2.68. The van der Waals surface area contributed by atoms with Crippen LogP contribution in [0.1, 0.15) is 5.56 Å². The van der Waals surface area contributed by atoms with Crippen LogP contribution >= 0.6 is 11.6 Å². The number of carbonyl (C=O) groups excluding carboxylic acids is 1. The van der Waals surface area contributed by atoms with Crippen molar-refractivity contribution in [3.05, 3.63) is 53.1 Å². The summed E-state index contributed by atoms with van der Waals surface area (Å²) in [6.07, 6.45) is -3.20. The van der Waals surface area contributed by atoms with Gasteiger partial charge in [0.05, 0.1) is 29.2 Å². The molecule has 29 heavy (non-hydrogen) atoms. The van der Waals surface area contributed by atoms with Gasteiger partial charge in [0.1, 0.15) is 24.1 Å². The second-order valence-electron chi connectivity index (χ2n) is 6.76. The number of aromatic nitrogens is 2. The van der Waals surface area contributed by atoms with Gasteiger partial charge in [-0.2, -0.15) is 13.2 Å². The van der Waals surface area contributed by atoms with Gasteiger partial charge in [-0.3, -0.25) is 9.78 Å². The Morgan fingerprint density at radius 3 is 2.66 bits per heavy atom. The molecule has 1 aliphatic rings. The van der Waals surface area contributed by atoms with Gasteiger partial charge in [-0.25, -0.2) is 8.78 Å². The van der Waals surface area contributed by atoms with Crippen LogP contribution in [-0.2, 0) is 17.5 Å². The van der Waals surface area contributed by atoms with E-state index in [1.165, 1.54) is 34.0 Å². The van der Waals surface area contributed by atoms with Crippen LogP contribution in [-0.4, -0.2) is 39.6 Å². The molecule has 0 spiro atoms. The zero-order valence-electron chi connectivity index (χ0n) is 14.7. The number of hydrogen-bond donors (Lipinski definition) is 0. The van der Waals surface area contributed by atoms with E-state index >= 15 is 0 Å². The number of amides is 1. The molecule has 1 saturated heterocycles. The molecule has 0 radical (unpaired) electrons. The van der Waals surface area contributed by atoms with Gasteiger partial charge in [0.2, 0.25) is 5.91 Å². The number of rotatable bonds is 3. The number of nitrogens with zero attached hydrogens (tertiary/aromatic N) is 3. The summed E-state index contributed by atoms with van der Waals surface area (Å²) < 4.78 is 67.9. The molecule has 10 heteroatoms. The van der Waals surface area contributed by atoms with Crippen molar-refractivity contribution in [3.63, 3.8) is 0 Å². The maximum Gasteiger partial charge on any atom is 0.419 e. The Morgan fingerprint density at radius 2 is 2.00 bits per heavy atom. The SMILES string of the molecule is O=C(Cn1cc(Cl)c2ncc(-c3cccc(C(F)(F)F)c3F)cc21)N1CC(F)C1. The average molecular weight is 430 g/mol. The zero-order valence-corrected chi connectivity index (χ0v) is 15.4. The molecule has 0 bridgehead atoms. The Bertz CT molecular complexity index is 1110. The van der Waals surface area contributed by atoms with Crippen molar-refractivity contribution < 1.29 is 26.7 Å². The van der Waals surface area contributed by atoms with E-state index in [0.717, 1.165) is 6.07 Å². The Kier molecular flexibility index (Phi) is 4.72. The molecule has 3 heterocycles. The van der Waals surface area contributed by atoms with Crippen molar-refractivity contribution in [2.75, 3.05) is 13.1 Å². The molecule has 1 amide bonds. The van der Waals surface area contributed by atoms with Crippen LogP contribution in [0.2, 0.25) is 5.02 Å². The Morgan fingerprint density at radius 1 is 1.28 bits per heavy atom. The summed E-state index contributed by atoms with van der Waals surface area (Å²) in [5.74, 6) is -1.74. The predicted molar refractivity (Wildman–Crippen MR) is 96.6 cm³/mol. The highest BCUT2D eigenvalue weighted by Gasteiger charge is 2.35. The van der Waals surface area contributed by atoms with Crippen LogP contribution in [0.4, 0.5) is 22.0 Å². The summed E-state index contributed by atoms with van der Waals surface area (Å²) in [6, 6.07) is 4.41. The minimum absolute atomic E-state index is 0.0186. The van der Waals surface area contributed by atoms with Gasteiger partial charge >= 0.3 is 6.18 Å². The monoisotopic (exact) mass is 429 g/mol. The van der Waals surface area contributed by atoms with Crippen LogP contribution in [0.15, 0.2) is 36.7 Å². The molecule has 4 nitrogen and oxygen atoms in total. The van der Waals surface area contributed by atoms with Gasteiger partial charge in [-0.15, -0.1) is 0 Å². The van der Waals surface area contributed by atoms with Crippen molar-refractivity contribution in [3.8, 4) is 11.1 Å². The molecule has 4 rings (SSSR count). The molecular weight excluding hydrogens is 417 g/mol. The lowest BCUT2D eigenvalue weighted by molar-refractivity contribution is -0.140.